The molecule has 1 aromatic rings. The van der Waals surface area contributed by atoms with Crippen molar-refractivity contribution >= 4 is 22.7 Å². The van der Waals surface area contributed by atoms with Crippen molar-refractivity contribution in [3.05, 3.63) is 28.8 Å². The van der Waals surface area contributed by atoms with Gasteiger partial charge in [0.1, 0.15) is 5.75 Å². The molecule has 120 valence electrons. The third kappa shape index (κ3) is 6.37. The molecule has 21 heavy (non-hydrogen) atoms. The zero-order valence-corrected chi connectivity index (χ0v) is 14.5. The second-order valence-corrected chi connectivity index (χ2v) is 6.81. The molecule has 0 spiro atoms. The summed E-state index contributed by atoms with van der Waals surface area (Å²) < 4.78 is 25.4. The van der Waals surface area contributed by atoms with Gasteiger partial charge in [-0.25, -0.2) is 4.21 Å². The minimum atomic E-state index is -1.73. The van der Waals surface area contributed by atoms with E-state index in [1.807, 2.05) is 25.1 Å². The highest BCUT2D eigenvalue weighted by atomic mass is 35.5. The number of ether oxygens (including phenoxy) is 1. The van der Waals surface area contributed by atoms with E-state index in [9.17, 15) is 4.21 Å². The molecule has 0 aliphatic rings. The van der Waals surface area contributed by atoms with E-state index < -0.39 is 11.1 Å². The summed E-state index contributed by atoms with van der Waals surface area (Å²) in [6.07, 6.45) is 2.62. The van der Waals surface area contributed by atoms with E-state index in [4.69, 9.17) is 20.9 Å². The Kier molecular flexibility index (Phi) is 8.30. The predicted octanol–water partition coefficient (Wildman–Crippen LogP) is 4.56. The molecule has 5 heteroatoms. The van der Waals surface area contributed by atoms with Crippen molar-refractivity contribution in [2.75, 3.05) is 12.4 Å². The second kappa shape index (κ2) is 9.44. The van der Waals surface area contributed by atoms with E-state index in [2.05, 4.69) is 13.8 Å². The predicted molar refractivity (Wildman–Crippen MR) is 89.5 cm³/mol. The van der Waals surface area contributed by atoms with Crippen LogP contribution in [0, 0.1) is 11.8 Å². The van der Waals surface area contributed by atoms with E-state index in [1.54, 1.807) is 0 Å². The number of benzene rings is 1. The summed E-state index contributed by atoms with van der Waals surface area (Å²) >= 11 is 4.60. The first-order valence-corrected chi connectivity index (χ1v) is 9.11. The number of hydrogen-bond acceptors (Lipinski definition) is 2. The van der Waals surface area contributed by atoms with Crippen LogP contribution in [0.2, 0.25) is 5.02 Å². The first kappa shape index (κ1) is 18.5. The average molecular weight is 333 g/mol. The summed E-state index contributed by atoms with van der Waals surface area (Å²) in [7, 11) is 0. The van der Waals surface area contributed by atoms with Crippen molar-refractivity contribution in [2.45, 2.75) is 40.0 Å². The minimum absolute atomic E-state index is 0.323. The molecule has 1 rings (SSSR count). The topological polar surface area (TPSA) is 46.5 Å². The number of halogens is 1. The zero-order chi connectivity index (χ0) is 15.8. The van der Waals surface area contributed by atoms with Gasteiger partial charge in [0.15, 0.2) is 11.1 Å². The highest BCUT2D eigenvalue weighted by Crippen LogP contribution is 2.29. The molecule has 0 saturated carbocycles. The van der Waals surface area contributed by atoms with E-state index >= 15 is 0 Å². The maximum Gasteiger partial charge on any atom is 0.152 e. The Hall–Kier alpha value is -0.580. The highest BCUT2D eigenvalue weighted by Gasteiger charge is 2.18. The minimum Gasteiger partial charge on any atom is -0.494 e. The molecular formula is C16H25ClO3S. The van der Waals surface area contributed by atoms with Crippen molar-refractivity contribution in [3.8, 4) is 5.75 Å². The van der Waals surface area contributed by atoms with Gasteiger partial charge in [-0.05, 0) is 49.3 Å². The molecule has 3 nitrogen and oxygen atoms in total. The highest BCUT2D eigenvalue weighted by molar-refractivity contribution is 7.79. The summed E-state index contributed by atoms with van der Waals surface area (Å²) in [5, 5.41) is 0.708. The first-order chi connectivity index (χ1) is 9.97. The summed E-state index contributed by atoms with van der Waals surface area (Å²) in [5.41, 5.74) is 1.08. The monoisotopic (exact) mass is 332 g/mol. The van der Waals surface area contributed by atoms with Crippen LogP contribution in [0.3, 0.4) is 0 Å². The van der Waals surface area contributed by atoms with Crippen LogP contribution >= 0.6 is 11.6 Å². The van der Waals surface area contributed by atoms with Crippen LogP contribution < -0.4 is 4.74 Å². The van der Waals surface area contributed by atoms with Crippen molar-refractivity contribution in [1.82, 2.24) is 0 Å². The molecule has 0 amide bonds. The lowest BCUT2D eigenvalue weighted by Crippen LogP contribution is -2.17. The van der Waals surface area contributed by atoms with E-state index in [0.717, 1.165) is 30.6 Å². The Morgan fingerprint density at radius 2 is 2.10 bits per heavy atom. The largest absolute Gasteiger partial charge is 0.494 e. The summed E-state index contributed by atoms with van der Waals surface area (Å²) in [6, 6.07) is 5.78. The van der Waals surface area contributed by atoms with Crippen LogP contribution in [-0.2, 0) is 17.5 Å². The Morgan fingerprint density at radius 1 is 1.38 bits per heavy atom. The molecule has 0 saturated heterocycles. The van der Waals surface area contributed by atoms with Gasteiger partial charge in [0, 0.05) is 10.8 Å². The Morgan fingerprint density at radius 3 is 2.62 bits per heavy atom. The van der Waals surface area contributed by atoms with Crippen LogP contribution in [0.25, 0.3) is 0 Å². The standard InChI is InChI=1S/C16H25ClO3S/c1-4-12(3)13(8-9-21(18)19)10-14-6-7-15(20-5-2)11-16(14)17/h6-7,11-13H,4-5,8-10H2,1-3H3,(H,18,19). The van der Waals surface area contributed by atoms with Crippen molar-refractivity contribution in [1.29, 1.82) is 0 Å². The molecule has 0 heterocycles. The summed E-state index contributed by atoms with van der Waals surface area (Å²) in [6.45, 7) is 6.89. The number of rotatable bonds is 9. The molecule has 0 fully saturated rings. The van der Waals surface area contributed by atoms with E-state index in [0.29, 0.717) is 29.2 Å². The van der Waals surface area contributed by atoms with Crippen LogP contribution in [0.15, 0.2) is 18.2 Å². The lowest BCUT2D eigenvalue weighted by Gasteiger charge is -2.23. The van der Waals surface area contributed by atoms with Gasteiger partial charge in [-0.15, -0.1) is 0 Å². The fourth-order valence-electron chi connectivity index (χ4n) is 2.41. The van der Waals surface area contributed by atoms with Gasteiger partial charge in [-0.1, -0.05) is 37.9 Å². The molecule has 0 aliphatic heterocycles. The van der Waals surface area contributed by atoms with Gasteiger partial charge >= 0.3 is 0 Å². The third-order valence-corrected chi connectivity index (χ3v) is 4.87. The van der Waals surface area contributed by atoms with Gasteiger partial charge < -0.3 is 9.29 Å². The van der Waals surface area contributed by atoms with E-state index in [-0.39, 0.29) is 0 Å². The molecule has 0 aliphatic carbocycles. The van der Waals surface area contributed by atoms with Crippen molar-refractivity contribution in [2.24, 2.45) is 11.8 Å². The fraction of sp³-hybridized carbons (Fsp3) is 0.625. The van der Waals surface area contributed by atoms with Gasteiger partial charge in [-0.3, -0.25) is 0 Å². The smallest absolute Gasteiger partial charge is 0.152 e. The maximum absolute atomic E-state index is 10.9. The van der Waals surface area contributed by atoms with Crippen molar-refractivity contribution < 1.29 is 13.5 Å². The van der Waals surface area contributed by atoms with Crippen LogP contribution in [0.5, 0.6) is 5.75 Å². The Labute approximate surface area is 135 Å². The second-order valence-electron chi connectivity index (χ2n) is 5.35. The molecule has 1 N–H and O–H groups in total. The van der Waals surface area contributed by atoms with Gasteiger partial charge in [0.2, 0.25) is 0 Å². The molecule has 0 bridgehead atoms. The van der Waals surface area contributed by atoms with E-state index in [1.165, 1.54) is 0 Å². The molecule has 0 aromatic heterocycles. The quantitative estimate of drug-likeness (QED) is 0.674. The van der Waals surface area contributed by atoms with Gasteiger partial charge in [0.05, 0.1) is 6.61 Å². The number of hydrogen-bond donors (Lipinski definition) is 1. The molecule has 0 radical (unpaired) electrons. The Balaban J connectivity index is 2.79. The fourth-order valence-corrected chi connectivity index (χ4v) is 3.16. The lowest BCUT2D eigenvalue weighted by molar-refractivity contribution is 0.333. The van der Waals surface area contributed by atoms with Gasteiger partial charge in [0.25, 0.3) is 0 Å². The zero-order valence-electron chi connectivity index (χ0n) is 13.0. The van der Waals surface area contributed by atoms with Crippen LogP contribution in [-0.4, -0.2) is 21.1 Å². The molecule has 3 atom stereocenters. The summed E-state index contributed by atoms with van der Waals surface area (Å²) in [4.78, 5) is 0. The lowest BCUT2D eigenvalue weighted by atomic mass is 9.84. The van der Waals surface area contributed by atoms with Crippen molar-refractivity contribution in [3.63, 3.8) is 0 Å². The van der Waals surface area contributed by atoms with Crippen LogP contribution in [0.1, 0.15) is 39.2 Å². The SMILES string of the molecule is CCOc1ccc(CC(CCS(=O)O)C(C)CC)c(Cl)c1. The molecule has 3 unspecified atom stereocenters. The first-order valence-electron chi connectivity index (χ1n) is 7.46. The Bertz CT molecular complexity index is 465. The third-order valence-electron chi connectivity index (χ3n) is 3.93. The molecular weight excluding hydrogens is 308 g/mol. The van der Waals surface area contributed by atoms with Gasteiger partial charge in [-0.2, -0.15) is 0 Å². The normalized spacial score (nSPS) is 15.5. The summed E-state index contributed by atoms with van der Waals surface area (Å²) in [5.74, 6) is 1.96. The molecule has 1 aromatic carbocycles. The maximum atomic E-state index is 10.9. The average Bonchev–Trinajstić information content (AvgIpc) is 2.44. The van der Waals surface area contributed by atoms with Crippen LogP contribution in [0.4, 0.5) is 0 Å².